The Morgan fingerprint density at radius 1 is 1.09 bits per heavy atom. The predicted molar refractivity (Wildman–Crippen MR) is 91.1 cm³/mol. The van der Waals surface area contributed by atoms with E-state index >= 15 is 0 Å². The van der Waals surface area contributed by atoms with E-state index in [1.807, 2.05) is 18.2 Å². The maximum absolute atomic E-state index is 5.92. The first-order valence-electron chi connectivity index (χ1n) is 7.00. The zero-order chi connectivity index (χ0) is 15.5. The Morgan fingerprint density at radius 3 is 2.64 bits per heavy atom. The summed E-state index contributed by atoms with van der Waals surface area (Å²) in [6.45, 7) is 2.33. The lowest BCUT2D eigenvalue weighted by atomic mass is 9.96. The lowest BCUT2D eigenvalue weighted by Crippen LogP contribution is -2.02. The molecule has 0 spiro atoms. The summed E-state index contributed by atoms with van der Waals surface area (Å²) in [7, 11) is 3.31. The van der Waals surface area contributed by atoms with Crippen molar-refractivity contribution in [2.75, 3.05) is 21.0 Å². The summed E-state index contributed by atoms with van der Waals surface area (Å²) in [6, 6.07) is 10.3. The molecule has 0 atom stereocenters. The number of benzene rings is 2. The second-order valence-corrected chi connectivity index (χ2v) is 5.83. The highest BCUT2D eigenvalue weighted by atomic mass is 32.1. The van der Waals surface area contributed by atoms with Gasteiger partial charge in [0.15, 0.2) is 6.79 Å². The van der Waals surface area contributed by atoms with Gasteiger partial charge in [0, 0.05) is 18.1 Å². The molecule has 0 radical (unpaired) electrons. The highest BCUT2D eigenvalue weighted by Crippen LogP contribution is 2.41. The van der Waals surface area contributed by atoms with E-state index in [1.165, 1.54) is 11.1 Å². The van der Waals surface area contributed by atoms with Crippen LogP contribution in [0.15, 0.2) is 41.1 Å². The lowest BCUT2D eigenvalue weighted by molar-refractivity contribution is 0.0526. The maximum atomic E-state index is 5.92. The van der Waals surface area contributed by atoms with Crippen molar-refractivity contribution in [1.29, 1.82) is 0 Å². The Morgan fingerprint density at radius 2 is 1.95 bits per heavy atom. The molecule has 22 heavy (non-hydrogen) atoms. The number of aryl methyl sites for hydroxylation is 1. The molecule has 3 aromatic rings. The van der Waals surface area contributed by atoms with Gasteiger partial charge in [-0.15, -0.1) is 0 Å². The average molecular weight is 314 g/mol. The first-order chi connectivity index (χ1) is 10.7. The van der Waals surface area contributed by atoms with Crippen LogP contribution < -0.4 is 9.47 Å². The van der Waals surface area contributed by atoms with Crippen molar-refractivity contribution >= 4 is 22.1 Å². The van der Waals surface area contributed by atoms with Crippen LogP contribution in [0, 0.1) is 6.92 Å². The largest absolute Gasteiger partial charge is 0.497 e. The number of ether oxygens (including phenoxy) is 3. The highest BCUT2D eigenvalue weighted by molar-refractivity contribution is 7.08. The van der Waals surface area contributed by atoms with Crippen LogP contribution in [0.5, 0.6) is 11.5 Å². The number of methoxy groups -OCH3 is 2. The van der Waals surface area contributed by atoms with E-state index in [4.69, 9.17) is 14.2 Å². The number of fused-ring (bicyclic) bond motifs is 1. The summed E-state index contributed by atoms with van der Waals surface area (Å²) >= 11 is 1.68. The van der Waals surface area contributed by atoms with E-state index in [2.05, 4.69) is 29.8 Å². The average Bonchev–Trinajstić information content (AvgIpc) is 3.05. The molecule has 3 nitrogen and oxygen atoms in total. The zero-order valence-electron chi connectivity index (χ0n) is 12.9. The minimum Gasteiger partial charge on any atom is -0.497 e. The van der Waals surface area contributed by atoms with E-state index in [-0.39, 0.29) is 6.79 Å². The Kier molecular flexibility index (Phi) is 4.32. The van der Waals surface area contributed by atoms with Crippen molar-refractivity contribution in [3.05, 3.63) is 46.7 Å². The molecule has 0 amide bonds. The topological polar surface area (TPSA) is 27.7 Å². The van der Waals surface area contributed by atoms with E-state index in [9.17, 15) is 0 Å². The van der Waals surface area contributed by atoms with Gasteiger partial charge >= 0.3 is 0 Å². The lowest BCUT2D eigenvalue weighted by Gasteiger charge is -2.16. The fourth-order valence-electron chi connectivity index (χ4n) is 2.65. The van der Waals surface area contributed by atoms with Gasteiger partial charge in [-0.2, -0.15) is 11.3 Å². The van der Waals surface area contributed by atoms with Crippen molar-refractivity contribution in [2.24, 2.45) is 0 Å². The Hall–Kier alpha value is -2.04. The molecule has 0 aliphatic heterocycles. The molecule has 0 aliphatic carbocycles. The maximum Gasteiger partial charge on any atom is 0.188 e. The van der Waals surface area contributed by atoms with Crippen LogP contribution >= 0.6 is 11.3 Å². The van der Waals surface area contributed by atoms with Gasteiger partial charge in [-0.1, -0.05) is 6.07 Å². The van der Waals surface area contributed by atoms with Crippen LogP contribution in [0.2, 0.25) is 0 Å². The fraction of sp³-hybridized carbons (Fsp3) is 0.222. The molecule has 0 bridgehead atoms. The molecule has 114 valence electrons. The molecule has 3 rings (SSSR count). The summed E-state index contributed by atoms with van der Waals surface area (Å²) in [4.78, 5) is 0. The van der Waals surface area contributed by atoms with Gasteiger partial charge in [0.1, 0.15) is 11.5 Å². The van der Waals surface area contributed by atoms with Gasteiger partial charge in [-0.3, -0.25) is 0 Å². The van der Waals surface area contributed by atoms with Crippen molar-refractivity contribution < 1.29 is 14.2 Å². The molecule has 0 unspecified atom stereocenters. The molecular formula is C18H18O3S. The van der Waals surface area contributed by atoms with E-state index in [0.717, 1.165) is 27.8 Å². The summed E-state index contributed by atoms with van der Waals surface area (Å²) in [5.41, 5.74) is 3.47. The van der Waals surface area contributed by atoms with Crippen LogP contribution in [-0.2, 0) is 4.74 Å². The van der Waals surface area contributed by atoms with Crippen molar-refractivity contribution in [3.8, 4) is 22.6 Å². The molecule has 1 heterocycles. The summed E-state index contributed by atoms with van der Waals surface area (Å²) in [6.07, 6.45) is 0. The Labute approximate surface area is 134 Å². The third-order valence-electron chi connectivity index (χ3n) is 3.63. The van der Waals surface area contributed by atoms with Gasteiger partial charge < -0.3 is 14.2 Å². The minimum atomic E-state index is 0.224. The minimum absolute atomic E-state index is 0.224. The van der Waals surface area contributed by atoms with Crippen LogP contribution in [0.25, 0.3) is 21.9 Å². The highest BCUT2D eigenvalue weighted by Gasteiger charge is 2.15. The molecule has 2 aromatic carbocycles. The molecule has 0 saturated carbocycles. The van der Waals surface area contributed by atoms with E-state index in [0.29, 0.717) is 0 Å². The monoisotopic (exact) mass is 314 g/mol. The SMILES string of the molecule is COCOc1c(-c2ccsc2)c(C)cc2cc(OC)ccc12. The number of rotatable bonds is 5. The van der Waals surface area contributed by atoms with Crippen LogP contribution in [-0.4, -0.2) is 21.0 Å². The van der Waals surface area contributed by atoms with Gasteiger partial charge in [-0.25, -0.2) is 0 Å². The van der Waals surface area contributed by atoms with E-state index in [1.54, 1.807) is 25.6 Å². The molecule has 1 aromatic heterocycles. The molecule has 0 saturated heterocycles. The van der Waals surface area contributed by atoms with Crippen molar-refractivity contribution in [2.45, 2.75) is 6.92 Å². The first-order valence-corrected chi connectivity index (χ1v) is 7.94. The molecule has 0 fully saturated rings. The predicted octanol–water partition coefficient (Wildman–Crippen LogP) is 4.87. The summed E-state index contributed by atoms with van der Waals surface area (Å²) in [5, 5.41) is 6.37. The van der Waals surface area contributed by atoms with Gasteiger partial charge in [-0.05, 0) is 58.5 Å². The second kappa shape index (κ2) is 6.38. The molecular weight excluding hydrogens is 296 g/mol. The number of hydrogen-bond donors (Lipinski definition) is 0. The second-order valence-electron chi connectivity index (χ2n) is 5.05. The zero-order valence-corrected chi connectivity index (χ0v) is 13.7. The third-order valence-corrected chi connectivity index (χ3v) is 4.31. The van der Waals surface area contributed by atoms with Crippen LogP contribution in [0.3, 0.4) is 0 Å². The van der Waals surface area contributed by atoms with Gasteiger partial charge in [0.05, 0.1) is 7.11 Å². The van der Waals surface area contributed by atoms with Crippen molar-refractivity contribution in [3.63, 3.8) is 0 Å². The first kappa shape index (κ1) is 14.9. The smallest absolute Gasteiger partial charge is 0.188 e. The molecule has 0 aliphatic rings. The Bertz CT molecular complexity index is 779. The van der Waals surface area contributed by atoms with Crippen LogP contribution in [0.4, 0.5) is 0 Å². The van der Waals surface area contributed by atoms with Gasteiger partial charge in [0.25, 0.3) is 0 Å². The van der Waals surface area contributed by atoms with Crippen molar-refractivity contribution in [1.82, 2.24) is 0 Å². The summed E-state index contributed by atoms with van der Waals surface area (Å²) < 4.78 is 16.3. The number of thiophene rings is 1. The number of hydrogen-bond acceptors (Lipinski definition) is 4. The third kappa shape index (κ3) is 2.67. The van der Waals surface area contributed by atoms with Crippen LogP contribution in [0.1, 0.15) is 5.56 Å². The standard InChI is InChI=1S/C18H18O3S/c1-12-8-14-9-15(20-3)4-5-16(14)18(21-11-19-2)17(12)13-6-7-22-10-13/h4-10H,11H2,1-3H3. The fourth-order valence-corrected chi connectivity index (χ4v) is 3.29. The molecule has 4 heteroatoms. The summed E-state index contributed by atoms with van der Waals surface area (Å²) in [5.74, 6) is 1.70. The normalized spacial score (nSPS) is 10.9. The van der Waals surface area contributed by atoms with Gasteiger partial charge in [0.2, 0.25) is 0 Å². The quantitative estimate of drug-likeness (QED) is 0.629. The molecule has 0 N–H and O–H groups in total. The Balaban J connectivity index is 2.27. The van der Waals surface area contributed by atoms with E-state index < -0.39 is 0 Å².